The van der Waals surface area contributed by atoms with Crippen LogP contribution in [0.4, 0.5) is 30.4 Å². The molecule has 1 aromatic carbocycles. The van der Waals surface area contributed by atoms with E-state index in [0.29, 0.717) is 33.4 Å². The molecule has 0 atom stereocenters. The second kappa shape index (κ2) is 6.03. The summed E-state index contributed by atoms with van der Waals surface area (Å²) in [6.45, 7) is 0.140. The fourth-order valence-corrected chi connectivity index (χ4v) is 3.03. The number of pyridine rings is 1. The SMILES string of the molecule is CNC1=C(N)CN(c2ccc(N)cc2Cl)c2nc(C(F)(F)F)ccc21. The normalized spacial score (nSPS) is 14.5. The Labute approximate surface area is 147 Å². The van der Waals surface area contributed by atoms with Crippen LogP contribution in [-0.2, 0) is 6.18 Å². The summed E-state index contributed by atoms with van der Waals surface area (Å²) >= 11 is 6.23. The van der Waals surface area contributed by atoms with Crippen LogP contribution < -0.4 is 21.7 Å². The van der Waals surface area contributed by atoms with E-state index in [4.69, 9.17) is 23.1 Å². The maximum Gasteiger partial charge on any atom is 0.433 e. The zero-order valence-corrected chi connectivity index (χ0v) is 13.9. The van der Waals surface area contributed by atoms with Gasteiger partial charge in [0.05, 0.1) is 28.6 Å². The van der Waals surface area contributed by atoms with Crippen molar-refractivity contribution in [2.75, 3.05) is 24.2 Å². The number of rotatable bonds is 2. The highest BCUT2D eigenvalue weighted by atomic mass is 35.5. The topological polar surface area (TPSA) is 80.2 Å². The van der Waals surface area contributed by atoms with E-state index in [2.05, 4.69) is 10.3 Å². The number of aromatic nitrogens is 1. The number of hydrogen-bond donors (Lipinski definition) is 3. The average Bonchev–Trinajstić information content (AvgIpc) is 2.53. The van der Waals surface area contributed by atoms with E-state index in [1.54, 1.807) is 24.1 Å². The zero-order valence-electron chi connectivity index (χ0n) is 13.2. The molecular weight excluding hydrogens is 355 g/mol. The Hall–Kier alpha value is -2.61. The summed E-state index contributed by atoms with van der Waals surface area (Å²) in [5.41, 5.74) is 13.2. The second-order valence-electron chi connectivity index (χ2n) is 5.51. The van der Waals surface area contributed by atoms with Gasteiger partial charge in [0.25, 0.3) is 0 Å². The van der Waals surface area contributed by atoms with Crippen LogP contribution in [0.5, 0.6) is 0 Å². The minimum atomic E-state index is -4.56. The summed E-state index contributed by atoms with van der Waals surface area (Å²) in [4.78, 5) is 5.36. The molecule has 2 aromatic rings. The van der Waals surface area contributed by atoms with Crippen LogP contribution in [0.15, 0.2) is 36.0 Å². The minimum Gasteiger partial charge on any atom is -0.399 e. The highest BCUT2D eigenvalue weighted by Crippen LogP contribution is 2.40. The Morgan fingerprint density at radius 2 is 1.92 bits per heavy atom. The van der Waals surface area contributed by atoms with Gasteiger partial charge in [0, 0.05) is 18.3 Å². The second-order valence-corrected chi connectivity index (χ2v) is 5.92. The first kappa shape index (κ1) is 17.2. The molecule has 5 nitrogen and oxygen atoms in total. The van der Waals surface area contributed by atoms with Crippen molar-refractivity contribution in [3.8, 4) is 0 Å². The number of alkyl halides is 3. The first-order chi connectivity index (χ1) is 11.7. The molecule has 0 bridgehead atoms. The first-order valence-electron chi connectivity index (χ1n) is 7.30. The van der Waals surface area contributed by atoms with Crippen LogP contribution >= 0.6 is 11.6 Å². The molecule has 132 valence electrons. The number of halogens is 4. The lowest BCUT2D eigenvalue weighted by Gasteiger charge is -2.33. The van der Waals surface area contributed by atoms with Crippen molar-refractivity contribution in [3.05, 3.63) is 52.3 Å². The van der Waals surface area contributed by atoms with Gasteiger partial charge in [-0.3, -0.25) is 0 Å². The number of anilines is 3. The van der Waals surface area contributed by atoms with E-state index in [1.807, 2.05) is 0 Å². The number of benzene rings is 1. The molecule has 2 heterocycles. The van der Waals surface area contributed by atoms with Crippen molar-refractivity contribution in [2.24, 2.45) is 5.73 Å². The van der Waals surface area contributed by atoms with Gasteiger partial charge >= 0.3 is 6.18 Å². The van der Waals surface area contributed by atoms with Crippen molar-refractivity contribution in [1.29, 1.82) is 0 Å². The third-order valence-corrected chi connectivity index (χ3v) is 4.16. The lowest BCUT2D eigenvalue weighted by molar-refractivity contribution is -0.141. The molecule has 0 unspecified atom stereocenters. The smallest absolute Gasteiger partial charge is 0.399 e. The zero-order chi connectivity index (χ0) is 18.4. The molecule has 0 aliphatic carbocycles. The summed E-state index contributed by atoms with van der Waals surface area (Å²) < 4.78 is 39.3. The largest absolute Gasteiger partial charge is 0.433 e. The molecule has 1 aliphatic heterocycles. The standard InChI is InChI=1S/C16H15ClF3N5/c1-23-14-9-3-5-13(16(18,19)20)24-15(9)25(7-11(14)22)12-4-2-8(21)6-10(12)17/h2-6,23H,7,21-22H2,1H3. The van der Waals surface area contributed by atoms with E-state index >= 15 is 0 Å². The van der Waals surface area contributed by atoms with E-state index in [0.717, 1.165) is 6.07 Å². The lowest BCUT2D eigenvalue weighted by Crippen LogP contribution is -2.33. The molecular formula is C16H15ClF3N5. The van der Waals surface area contributed by atoms with Gasteiger partial charge in [-0.2, -0.15) is 13.2 Å². The van der Waals surface area contributed by atoms with Crippen molar-refractivity contribution >= 4 is 34.5 Å². The molecule has 0 saturated heterocycles. The van der Waals surface area contributed by atoms with Gasteiger partial charge in [0.15, 0.2) is 0 Å². The summed E-state index contributed by atoms with van der Waals surface area (Å²) in [5, 5.41) is 3.21. The van der Waals surface area contributed by atoms with Gasteiger partial charge < -0.3 is 21.7 Å². The van der Waals surface area contributed by atoms with Crippen LogP contribution in [0.1, 0.15) is 11.3 Å². The molecule has 1 aliphatic rings. The maximum absolute atomic E-state index is 13.1. The summed E-state index contributed by atoms with van der Waals surface area (Å²) in [6, 6.07) is 7.04. The third kappa shape index (κ3) is 3.05. The van der Waals surface area contributed by atoms with Gasteiger partial charge in [-0.25, -0.2) is 4.98 Å². The summed E-state index contributed by atoms with van der Waals surface area (Å²) in [5.74, 6) is 0.125. The van der Waals surface area contributed by atoms with Gasteiger partial charge in [-0.1, -0.05) is 11.6 Å². The number of nitrogens with two attached hydrogens (primary N) is 2. The van der Waals surface area contributed by atoms with Crippen LogP contribution in [0.3, 0.4) is 0 Å². The molecule has 5 N–H and O–H groups in total. The lowest BCUT2D eigenvalue weighted by atomic mass is 10.0. The molecule has 0 saturated carbocycles. The highest BCUT2D eigenvalue weighted by molar-refractivity contribution is 6.33. The molecule has 25 heavy (non-hydrogen) atoms. The fourth-order valence-electron chi connectivity index (χ4n) is 2.74. The third-order valence-electron chi connectivity index (χ3n) is 3.85. The van der Waals surface area contributed by atoms with Crippen molar-refractivity contribution in [2.45, 2.75) is 6.18 Å². The number of fused-ring (bicyclic) bond motifs is 1. The average molecular weight is 370 g/mol. The number of nitrogen functional groups attached to an aromatic ring is 1. The monoisotopic (exact) mass is 369 g/mol. The van der Waals surface area contributed by atoms with Gasteiger partial charge in [-0.05, 0) is 30.3 Å². The van der Waals surface area contributed by atoms with E-state index in [1.165, 1.54) is 12.1 Å². The quantitative estimate of drug-likeness (QED) is 0.707. The van der Waals surface area contributed by atoms with E-state index < -0.39 is 11.9 Å². The van der Waals surface area contributed by atoms with Crippen LogP contribution in [0, 0.1) is 0 Å². The van der Waals surface area contributed by atoms with Gasteiger partial charge in [0.1, 0.15) is 11.5 Å². The number of hydrogen-bond acceptors (Lipinski definition) is 5. The van der Waals surface area contributed by atoms with Crippen LogP contribution in [0.2, 0.25) is 5.02 Å². The molecule has 0 radical (unpaired) electrons. The number of nitrogens with one attached hydrogen (secondary N) is 1. The maximum atomic E-state index is 13.1. The van der Waals surface area contributed by atoms with Crippen LogP contribution in [-0.4, -0.2) is 18.6 Å². The van der Waals surface area contributed by atoms with Gasteiger partial charge in [-0.15, -0.1) is 0 Å². The minimum absolute atomic E-state index is 0.125. The van der Waals surface area contributed by atoms with Crippen molar-refractivity contribution in [3.63, 3.8) is 0 Å². The van der Waals surface area contributed by atoms with E-state index in [9.17, 15) is 13.2 Å². The molecule has 0 fully saturated rings. The van der Waals surface area contributed by atoms with Crippen molar-refractivity contribution < 1.29 is 13.2 Å². The molecule has 9 heteroatoms. The van der Waals surface area contributed by atoms with Crippen LogP contribution in [0.25, 0.3) is 5.70 Å². The molecule has 0 spiro atoms. The van der Waals surface area contributed by atoms with E-state index in [-0.39, 0.29) is 12.4 Å². The Morgan fingerprint density at radius 1 is 1.20 bits per heavy atom. The summed E-state index contributed by atoms with van der Waals surface area (Å²) in [6.07, 6.45) is -4.56. The Kier molecular flexibility index (Phi) is 4.16. The molecule has 0 amide bonds. The summed E-state index contributed by atoms with van der Waals surface area (Å²) in [7, 11) is 1.65. The Morgan fingerprint density at radius 3 is 2.52 bits per heavy atom. The molecule has 3 rings (SSSR count). The predicted octanol–water partition coefficient (Wildman–Crippen LogP) is 3.33. The number of nitrogens with zero attached hydrogens (tertiary/aromatic N) is 2. The molecule has 1 aromatic heterocycles. The van der Waals surface area contributed by atoms with Gasteiger partial charge in [0.2, 0.25) is 0 Å². The Bertz CT molecular complexity index is 863. The first-order valence-corrected chi connectivity index (χ1v) is 7.67. The fraction of sp³-hybridized carbons (Fsp3) is 0.188. The van der Waals surface area contributed by atoms with Crippen molar-refractivity contribution in [1.82, 2.24) is 10.3 Å². The highest BCUT2D eigenvalue weighted by Gasteiger charge is 2.35. The predicted molar refractivity (Wildman–Crippen MR) is 92.3 cm³/mol. The Balaban J connectivity index is 2.22.